The van der Waals surface area contributed by atoms with E-state index in [1.165, 1.54) is 6.92 Å². The van der Waals surface area contributed by atoms with Crippen LogP contribution in [0.3, 0.4) is 0 Å². The van der Waals surface area contributed by atoms with Crippen molar-refractivity contribution in [2.75, 3.05) is 6.54 Å². The number of carbonyl (C=O) groups is 1. The second kappa shape index (κ2) is 8.82. The lowest BCUT2D eigenvalue weighted by molar-refractivity contribution is -0.131. The molecule has 1 aliphatic rings. The van der Waals surface area contributed by atoms with E-state index in [-0.39, 0.29) is 23.9 Å². The number of nitriles is 1. The van der Waals surface area contributed by atoms with E-state index >= 15 is 0 Å². The molecular formula is C22H25N5O2. The summed E-state index contributed by atoms with van der Waals surface area (Å²) in [5, 5.41) is 9.00. The fraction of sp³-hybridized carbons (Fsp3) is 0.409. The maximum atomic E-state index is 13.4. The summed E-state index contributed by atoms with van der Waals surface area (Å²) in [6.45, 7) is 6.32. The molecule has 0 radical (unpaired) electrons. The van der Waals surface area contributed by atoms with Gasteiger partial charge in [-0.25, -0.2) is 4.98 Å². The quantitative estimate of drug-likeness (QED) is 0.726. The predicted molar refractivity (Wildman–Crippen MR) is 111 cm³/mol. The van der Waals surface area contributed by atoms with Crippen LogP contribution in [0.1, 0.15) is 62.3 Å². The summed E-state index contributed by atoms with van der Waals surface area (Å²) < 4.78 is 1.66. The third-order valence-electron chi connectivity index (χ3n) is 5.21. The standard InChI is InChI=1S/C22H25N5O2/c1-4-19(26(16(3)28)12-8-11-23)21-25-18-13-24-15(2)20(18)22(29)27(21)14-17-9-6-5-7-10-17/h5-7,9-10,19H,4,8,12-14H2,1-3H3. The average Bonchev–Trinajstić information content (AvgIpc) is 3.09. The summed E-state index contributed by atoms with van der Waals surface area (Å²) in [4.78, 5) is 36.6. The van der Waals surface area contributed by atoms with Crippen molar-refractivity contribution in [3.05, 3.63) is 63.3 Å². The molecule has 0 bridgehead atoms. The number of amides is 1. The van der Waals surface area contributed by atoms with E-state index in [0.29, 0.717) is 48.8 Å². The fourth-order valence-corrected chi connectivity index (χ4v) is 3.79. The Bertz CT molecular complexity index is 1030. The number of aromatic nitrogens is 2. The molecule has 0 fully saturated rings. The molecule has 0 N–H and O–H groups in total. The smallest absolute Gasteiger partial charge is 0.263 e. The van der Waals surface area contributed by atoms with Crippen LogP contribution >= 0.6 is 0 Å². The van der Waals surface area contributed by atoms with Gasteiger partial charge in [0.05, 0.1) is 42.9 Å². The van der Waals surface area contributed by atoms with E-state index in [4.69, 9.17) is 10.2 Å². The molecule has 0 aliphatic carbocycles. The van der Waals surface area contributed by atoms with Crippen LogP contribution < -0.4 is 5.56 Å². The summed E-state index contributed by atoms with van der Waals surface area (Å²) >= 11 is 0. The van der Waals surface area contributed by atoms with Gasteiger partial charge < -0.3 is 4.90 Å². The van der Waals surface area contributed by atoms with Gasteiger partial charge in [-0.3, -0.25) is 19.1 Å². The van der Waals surface area contributed by atoms with Crippen molar-refractivity contribution in [2.24, 2.45) is 4.99 Å². The predicted octanol–water partition coefficient (Wildman–Crippen LogP) is 2.83. The maximum absolute atomic E-state index is 13.4. The van der Waals surface area contributed by atoms with Crippen LogP contribution in [0.4, 0.5) is 0 Å². The number of rotatable bonds is 7. The van der Waals surface area contributed by atoms with Crippen LogP contribution in [-0.2, 0) is 17.9 Å². The van der Waals surface area contributed by atoms with Gasteiger partial charge >= 0.3 is 0 Å². The molecule has 1 unspecified atom stereocenters. The van der Waals surface area contributed by atoms with E-state index < -0.39 is 0 Å². The Morgan fingerprint density at radius 1 is 1.34 bits per heavy atom. The third kappa shape index (κ3) is 4.11. The lowest BCUT2D eigenvalue weighted by atomic mass is 10.1. The second-order valence-electron chi connectivity index (χ2n) is 7.11. The topological polar surface area (TPSA) is 91.3 Å². The molecule has 1 atom stereocenters. The van der Waals surface area contributed by atoms with E-state index in [0.717, 1.165) is 5.56 Å². The van der Waals surface area contributed by atoms with E-state index in [1.807, 2.05) is 44.2 Å². The van der Waals surface area contributed by atoms with Crippen LogP contribution in [0.25, 0.3) is 0 Å². The van der Waals surface area contributed by atoms with Gasteiger partial charge in [-0.1, -0.05) is 37.3 Å². The molecule has 1 aromatic carbocycles. The summed E-state index contributed by atoms with van der Waals surface area (Å²) in [6, 6.07) is 11.4. The van der Waals surface area contributed by atoms with Crippen LogP contribution in [0, 0.1) is 11.3 Å². The Morgan fingerprint density at radius 2 is 2.07 bits per heavy atom. The van der Waals surface area contributed by atoms with E-state index in [9.17, 15) is 9.59 Å². The van der Waals surface area contributed by atoms with Crippen LogP contribution in [0.5, 0.6) is 0 Å². The summed E-state index contributed by atoms with van der Waals surface area (Å²) in [5.74, 6) is 0.415. The van der Waals surface area contributed by atoms with Crippen molar-refractivity contribution in [1.29, 1.82) is 5.26 Å². The molecular weight excluding hydrogens is 366 g/mol. The number of hydrogen-bond donors (Lipinski definition) is 0. The highest BCUT2D eigenvalue weighted by atomic mass is 16.2. The van der Waals surface area contributed by atoms with Gasteiger partial charge in [-0.05, 0) is 18.9 Å². The van der Waals surface area contributed by atoms with E-state index in [1.54, 1.807) is 9.47 Å². The molecule has 2 heterocycles. The van der Waals surface area contributed by atoms with Crippen molar-refractivity contribution >= 4 is 11.6 Å². The Kier molecular flexibility index (Phi) is 6.23. The molecule has 1 aromatic heterocycles. The van der Waals surface area contributed by atoms with Crippen molar-refractivity contribution < 1.29 is 4.79 Å². The zero-order valence-electron chi connectivity index (χ0n) is 17.1. The Balaban J connectivity index is 2.16. The van der Waals surface area contributed by atoms with Gasteiger partial charge in [0.2, 0.25) is 5.91 Å². The molecule has 150 valence electrons. The summed E-state index contributed by atoms with van der Waals surface area (Å²) in [5.41, 5.74) is 2.77. The average molecular weight is 391 g/mol. The van der Waals surface area contributed by atoms with Gasteiger partial charge in [-0.2, -0.15) is 5.26 Å². The molecule has 1 aliphatic heterocycles. The lowest BCUT2D eigenvalue weighted by Crippen LogP contribution is -2.39. The number of benzene rings is 1. The van der Waals surface area contributed by atoms with Gasteiger partial charge in [0.15, 0.2) is 0 Å². The van der Waals surface area contributed by atoms with Crippen LogP contribution in [0.2, 0.25) is 0 Å². The van der Waals surface area contributed by atoms with Crippen LogP contribution in [-0.4, -0.2) is 32.6 Å². The molecule has 1 amide bonds. The number of fused-ring (bicyclic) bond motifs is 1. The summed E-state index contributed by atoms with van der Waals surface area (Å²) in [7, 11) is 0. The van der Waals surface area contributed by atoms with Crippen molar-refractivity contribution in [2.45, 2.75) is 52.7 Å². The summed E-state index contributed by atoms with van der Waals surface area (Å²) in [6.07, 6.45) is 0.816. The largest absolute Gasteiger partial charge is 0.332 e. The first-order valence-corrected chi connectivity index (χ1v) is 9.81. The normalized spacial score (nSPS) is 13.4. The Morgan fingerprint density at radius 3 is 2.69 bits per heavy atom. The fourth-order valence-electron chi connectivity index (χ4n) is 3.79. The zero-order chi connectivity index (χ0) is 21.0. The number of carbonyl (C=O) groups excluding carboxylic acids is 1. The minimum atomic E-state index is -0.386. The minimum absolute atomic E-state index is 0.130. The number of aliphatic imine (C=N–C) groups is 1. The van der Waals surface area contributed by atoms with Crippen LogP contribution in [0.15, 0.2) is 40.1 Å². The maximum Gasteiger partial charge on any atom is 0.263 e. The molecule has 3 rings (SSSR count). The highest BCUT2D eigenvalue weighted by Crippen LogP contribution is 2.25. The minimum Gasteiger partial charge on any atom is -0.332 e. The molecule has 0 saturated carbocycles. The monoisotopic (exact) mass is 391 g/mol. The molecule has 2 aromatic rings. The van der Waals surface area contributed by atoms with Crippen molar-refractivity contribution in [3.8, 4) is 6.07 Å². The van der Waals surface area contributed by atoms with Crippen molar-refractivity contribution in [1.82, 2.24) is 14.5 Å². The Labute approximate surface area is 170 Å². The third-order valence-corrected chi connectivity index (χ3v) is 5.21. The molecule has 0 spiro atoms. The first kappa shape index (κ1) is 20.5. The van der Waals surface area contributed by atoms with E-state index in [2.05, 4.69) is 11.1 Å². The van der Waals surface area contributed by atoms with Gasteiger partial charge in [0.25, 0.3) is 5.56 Å². The highest BCUT2D eigenvalue weighted by molar-refractivity contribution is 6.01. The molecule has 7 nitrogen and oxygen atoms in total. The van der Waals surface area contributed by atoms with Gasteiger partial charge in [0, 0.05) is 19.2 Å². The molecule has 29 heavy (non-hydrogen) atoms. The van der Waals surface area contributed by atoms with Crippen molar-refractivity contribution in [3.63, 3.8) is 0 Å². The van der Waals surface area contributed by atoms with Gasteiger partial charge in [-0.15, -0.1) is 0 Å². The first-order chi connectivity index (χ1) is 14.0. The van der Waals surface area contributed by atoms with Gasteiger partial charge in [0.1, 0.15) is 5.82 Å². The molecule has 0 saturated heterocycles. The Hall–Kier alpha value is -3.27. The SMILES string of the molecule is CCC(c1nc2c(c(=O)n1Cc1ccccc1)C(C)=NC2)N(CCC#N)C(C)=O. The molecule has 7 heteroatoms. The first-order valence-electron chi connectivity index (χ1n) is 9.81. The number of hydrogen-bond acceptors (Lipinski definition) is 5. The highest BCUT2D eigenvalue weighted by Gasteiger charge is 2.29. The zero-order valence-corrected chi connectivity index (χ0v) is 17.1. The second-order valence-corrected chi connectivity index (χ2v) is 7.11. The number of nitrogens with zero attached hydrogens (tertiary/aromatic N) is 5. The lowest BCUT2D eigenvalue weighted by Gasteiger charge is -2.31.